The summed E-state index contributed by atoms with van der Waals surface area (Å²) in [6.45, 7) is 9.00. The van der Waals surface area contributed by atoms with Crippen molar-refractivity contribution in [2.75, 3.05) is 37.6 Å². The number of anilines is 1. The zero-order valence-corrected chi connectivity index (χ0v) is 11.2. The molecule has 98 valence electrons. The molecule has 0 saturated carbocycles. The Morgan fingerprint density at radius 1 is 1.33 bits per heavy atom. The van der Waals surface area contributed by atoms with Crippen molar-refractivity contribution in [2.45, 2.75) is 20.3 Å². The summed E-state index contributed by atoms with van der Waals surface area (Å²) in [5.41, 5.74) is 0.737. The third-order valence-electron chi connectivity index (χ3n) is 3.38. The van der Waals surface area contributed by atoms with Crippen molar-refractivity contribution in [2.24, 2.45) is 0 Å². The van der Waals surface area contributed by atoms with Crippen LogP contribution in [0.4, 0.5) is 5.82 Å². The van der Waals surface area contributed by atoms with Gasteiger partial charge in [-0.25, -0.2) is 4.98 Å². The molecule has 1 aliphatic rings. The van der Waals surface area contributed by atoms with Crippen molar-refractivity contribution in [3.05, 3.63) is 23.9 Å². The number of carbonyl (C=O) groups excluding carboxylic acids is 1. The molecule has 0 aliphatic carbocycles. The van der Waals surface area contributed by atoms with E-state index in [4.69, 9.17) is 0 Å². The molecule has 0 aromatic carbocycles. The number of nitrogens with zero attached hydrogens (tertiary/aromatic N) is 3. The summed E-state index contributed by atoms with van der Waals surface area (Å²) in [7, 11) is 0. The van der Waals surface area contributed by atoms with E-state index in [1.807, 2.05) is 12.1 Å². The van der Waals surface area contributed by atoms with E-state index < -0.39 is 0 Å². The Morgan fingerprint density at radius 2 is 2.06 bits per heavy atom. The zero-order valence-electron chi connectivity index (χ0n) is 11.2. The Bertz CT molecular complexity index is 411. The highest BCUT2D eigenvalue weighted by Gasteiger charge is 2.20. The van der Waals surface area contributed by atoms with E-state index in [2.05, 4.69) is 21.7 Å². The van der Waals surface area contributed by atoms with E-state index in [0.29, 0.717) is 0 Å². The largest absolute Gasteiger partial charge is 0.353 e. The molecule has 0 N–H and O–H groups in total. The maximum Gasteiger partial charge on any atom is 0.163 e. The molecule has 0 amide bonds. The van der Waals surface area contributed by atoms with Crippen LogP contribution in [0.15, 0.2) is 18.3 Å². The first-order valence-electron chi connectivity index (χ1n) is 6.65. The van der Waals surface area contributed by atoms with Crippen LogP contribution in [0.2, 0.25) is 0 Å². The number of carbonyl (C=O) groups is 1. The molecule has 4 nitrogen and oxygen atoms in total. The highest BCUT2D eigenvalue weighted by molar-refractivity contribution is 5.98. The number of ketones is 1. The predicted octanol–water partition coefficient (Wildman–Crippen LogP) is 1.82. The fraction of sp³-hybridized carbons (Fsp3) is 0.571. The first-order valence-corrected chi connectivity index (χ1v) is 6.65. The molecule has 1 aromatic rings. The summed E-state index contributed by atoms with van der Waals surface area (Å²) in [5, 5.41) is 0. The van der Waals surface area contributed by atoms with Crippen molar-refractivity contribution in [3.8, 4) is 0 Å². The molecule has 0 unspecified atom stereocenters. The van der Waals surface area contributed by atoms with Crippen LogP contribution in [-0.2, 0) is 0 Å². The number of Topliss-reactive ketones (excluding diaryl/α,β-unsaturated/α-hetero) is 1. The summed E-state index contributed by atoms with van der Waals surface area (Å²) < 4.78 is 0. The lowest BCUT2D eigenvalue weighted by Crippen LogP contribution is -2.47. The molecule has 0 bridgehead atoms. The molecule has 2 heterocycles. The Hall–Kier alpha value is -1.42. The third-order valence-corrected chi connectivity index (χ3v) is 3.38. The van der Waals surface area contributed by atoms with Crippen LogP contribution in [0.1, 0.15) is 30.6 Å². The van der Waals surface area contributed by atoms with Gasteiger partial charge in [0.1, 0.15) is 5.82 Å². The van der Waals surface area contributed by atoms with Gasteiger partial charge in [0.2, 0.25) is 0 Å². The van der Waals surface area contributed by atoms with Crippen LogP contribution in [0, 0.1) is 0 Å². The monoisotopic (exact) mass is 247 g/mol. The van der Waals surface area contributed by atoms with E-state index >= 15 is 0 Å². The van der Waals surface area contributed by atoms with Crippen LogP contribution in [0.25, 0.3) is 0 Å². The lowest BCUT2D eigenvalue weighted by Gasteiger charge is -2.35. The van der Waals surface area contributed by atoms with E-state index in [-0.39, 0.29) is 5.78 Å². The van der Waals surface area contributed by atoms with Crippen molar-refractivity contribution >= 4 is 11.6 Å². The molecule has 0 spiro atoms. The lowest BCUT2D eigenvalue weighted by atomic mass is 10.1. The van der Waals surface area contributed by atoms with Crippen LogP contribution in [0.3, 0.4) is 0 Å². The Labute approximate surface area is 109 Å². The maximum absolute atomic E-state index is 11.6. The second kappa shape index (κ2) is 5.96. The summed E-state index contributed by atoms with van der Waals surface area (Å²) >= 11 is 0. The number of hydrogen-bond donors (Lipinski definition) is 0. The minimum Gasteiger partial charge on any atom is -0.353 e. The van der Waals surface area contributed by atoms with Gasteiger partial charge in [-0.1, -0.05) is 6.92 Å². The SMILES string of the molecule is CCCN1CCN(c2ncccc2C(C)=O)CC1. The van der Waals surface area contributed by atoms with Crippen LogP contribution < -0.4 is 4.90 Å². The quantitative estimate of drug-likeness (QED) is 0.760. The van der Waals surface area contributed by atoms with Crippen LogP contribution >= 0.6 is 0 Å². The molecule has 0 atom stereocenters. The lowest BCUT2D eigenvalue weighted by molar-refractivity contribution is 0.101. The van der Waals surface area contributed by atoms with Crippen molar-refractivity contribution in [3.63, 3.8) is 0 Å². The van der Waals surface area contributed by atoms with Gasteiger partial charge >= 0.3 is 0 Å². The van der Waals surface area contributed by atoms with Gasteiger partial charge in [-0.05, 0) is 32.0 Å². The second-order valence-electron chi connectivity index (χ2n) is 4.76. The first-order chi connectivity index (χ1) is 8.72. The standard InChI is InChI=1S/C14H21N3O/c1-3-7-16-8-10-17(11-9-16)14-13(12(2)18)5-4-6-15-14/h4-6H,3,7-11H2,1-2H3. The maximum atomic E-state index is 11.6. The fourth-order valence-corrected chi connectivity index (χ4v) is 2.42. The molecule has 1 fully saturated rings. The minimum atomic E-state index is 0.0917. The molecule has 2 rings (SSSR count). The molecule has 1 aromatic heterocycles. The van der Waals surface area contributed by atoms with E-state index in [9.17, 15) is 4.79 Å². The van der Waals surface area contributed by atoms with Crippen LogP contribution in [-0.4, -0.2) is 48.4 Å². The number of rotatable bonds is 4. The van der Waals surface area contributed by atoms with Gasteiger partial charge in [0.05, 0.1) is 5.56 Å². The van der Waals surface area contributed by atoms with Gasteiger partial charge in [-0.15, -0.1) is 0 Å². The highest BCUT2D eigenvalue weighted by atomic mass is 16.1. The number of hydrogen-bond acceptors (Lipinski definition) is 4. The van der Waals surface area contributed by atoms with E-state index in [1.54, 1.807) is 13.1 Å². The third kappa shape index (κ3) is 2.88. The van der Waals surface area contributed by atoms with E-state index in [1.165, 1.54) is 6.42 Å². The van der Waals surface area contributed by atoms with Gasteiger partial charge in [-0.3, -0.25) is 9.69 Å². The first kappa shape index (κ1) is 13.0. The normalized spacial score (nSPS) is 16.9. The smallest absolute Gasteiger partial charge is 0.163 e. The topological polar surface area (TPSA) is 36.4 Å². The average molecular weight is 247 g/mol. The van der Waals surface area contributed by atoms with Crippen LogP contribution in [0.5, 0.6) is 0 Å². The van der Waals surface area contributed by atoms with Gasteiger partial charge in [0, 0.05) is 32.4 Å². The zero-order chi connectivity index (χ0) is 13.0. The molecule has 1 saturated heterocycles. The highest BCUT2D eigenvalue weighted by Crippen LogP contribution is 2.19. The van der Waals surface area contributed by atoms with Crippen molar-refractivity contribution in [1.82, 2.24) is 9.88 Å². The average Bonchev–Trinajstić information content (AvgIpc) is 2.40. The number of piperazine rings is 1. The summed E-state index contributed by atoms with van der Waals surface area (Å²) in [6.07, 6.45) is 2.96. The minimum absolute atomic E-state index is 0.0917. The van der Waals surface area contributed by atoms with Crippen molar-refractivity contribution in [1.29, 1.82) is 0 Å². The molecule has 4 heteroatoms. The van der Waals surface area contributed by atoms with Gasteiger partial charge in [-0.2, -0.15) is 0 Å². The number of aromatic nitrogens is 1. The number of pyridine rings is 1. The molecule has 1 aliphatic heterocycles. The Balaban J connectivity index is 2.07. The van der Waals surface area contributed by atoms with Gasteiger partial charge in [0.15, 0.2) is 5.78 Å². The summed E-state index contributed by atoms with van der Waals surface area (Å²) in [4.78, 5) is 20.7. The predicted molar refractivity (Wildman–Crippen MR) is 73.2 cm³/mol. The molecular formula is C14H21N3O. The van der Waals surface area contributed by atoms with E-state index in [0.717, 1.165) is 44.1 Å². The summed E-state index contributed by atoms with van der Waals surface area (Å²) in [6, 6.07) is 3.69. The van der Waals surface area contributed by atoms with Gasteiger partial charge < -0.3 is 4.90 Å². The molecule has 0 radical (unpaired) electrons. The second-order valence-corrected chi connectivity index (χ2v) is 4.76. The Kier molecular flexibility index (Phi) is 4.31. The molecular weight excluding hydrogens is 226 g/mol. The van der Waals surface area contributed by atoms with Crippen molar-refractivity contribution < 1.29 is 4.79 Å². The Morgan fingerprint density at radius 3 is 2.67 bits per heavy atom. The summed E-state index contributed by atoms with van der Waals surface area (Å²) in [5.74, 6) is 0.940. The fourth-order valence-electron chi connectivity index (χ4n) is 2.42. The van der Waals surface area contributed by atoms with Gasteiger partial charge in [0.25, 0.3) is 0 Å². The molecule has 18 heavy (non-hydrogen) atoms.